The van der Waals surface area contributed by atoms with Crippen molar-refractivity contribution in [3.05, 3.63) is 24.3 Å². The van der Waals surface area contributed by atoms with Crippen LogP contribution in [0.5, 0.6) is 0 Å². The molecule has 0 amide bonds. The molecule has 0 atom stereocenters. The van der Waals surface area contributed by atoms with Crippen LogP contribution in [0, 0.1) is 5.41 Å². The molecule has 0 radical (unpaired) electrons. The van der Waals surface area contributed by atoms with E-state index in [1.165, 1.54) is 0 Å². The average Bonchev–Trinajstić information content (AvgIpc) is 1.82. The van der Waals surface area contributed by atoms with Gasteiger partial charge in [0.15, 0.2) is 5.78 Å². The van der Waals surface area contributed by atoms with E-state index in [-0.39, 0.29) is 11.2 Å². The van der Waals surface area contributed by atoms with Gasteiger partial charge in [-0.3, -0.25) is 4.79 Å². The molecule has 0 aliphatic rings. The molecule has 0 aromatic carbocycles. The third-order valence-electron chi connectivity index (χ3n) is 1.54. The quantitative estimate of drug-likeness (QED) is 0.465. The number of allylic oxidation sites excluding steroid dienone is 2. The molecule has 0 bridgehead atoms. The van der Waals surface area contributed by atoms with Crippen LogP contribution in [0.4, 0.5) is 0 Å². The van der Waals surface area contributed by atoms with Gasteiger partial charge in [-0.2, -0.15) is 0 Å². The number of carbonyl (C=O) groups excluding carboxylic acids is 1. The van der Waals surface area contributed by atoms with E-state index in [1.54, 1.807) is 0 Å². The first-order chi connectivity index (χ1) is 5.24. The molecule has 0 fully saturated rings. The molecule has 0 saturated carbocycles. The lowest BCUT2D eigenvalue weighted by atomic mass is 9.87. The Hall–Kier alpha value is -0.850. The molecule has 0 heterocycles. The zero-order valence-corrected chi connectivity index (χ0v) is 8.53. The standard InChI is InChI=1S/C11H18O/c1-8(2)9(3)10(12)7-11(4,5)6/h1,3,7H2,2,4-6H3. The summed E-state index contributed by atoms with van der Waals surface area (Å²) in [5, 5.41) is 0. The first kappa shape index (κ1) is 11.2. The molecule has 0 rings (SSSR count). The van der Waals surface area contributed by atoms with E-state index in [0.29, 0.717) is 12.0 Å². The Morgan fingerprint density at radius 1 is 1.25 bits per heavy atom. The van der Waals surface area contributed by atoms with E-state index in [0.717, 1.165) is 5.57 Å². The van der Waals surface area contributed by atoms with Crippen LogP contribution in [0.1, 0.15) is 34.1 Å². The maximum atomic E-state index is 11.4. The first-order valence-electron chi connectivity index (χ1n) is 4.12. The van der Waals surface area contributed by atoms with Gasteiger partial charge in [-0.15, -0.1) is 0 Å². The van der Waals surface area contributed by atoms with Gasteiger partial charge in [0.25, 0.3) is 0 Å². The Morgan fingerprint density at radius 3 is 1.92 bits per heavy atom. The lowest BCUT2D eigenvalue weighted by Gasteiger charge is -2.17. The lowest BCUT2D eigenvalue weighted by molar-refractivity contribution is -0.116. The highest BCUT2D eigenvalue weighted by atomic mass is 16.1. The average molecular weight is 166 g/mol. The second-order valence-corrected chi connectivity index (χ2v) is 4.42. The summed E-state index contributed by atoms with van der Waals surface area (Å²) in [7, 11) is 0. The first-order valence-corrected chi connectivity index (χ1v) is 4.12. The van der Waals surface area contributed by atoms with Crippen LogP contribution < -0.4 is 0 Å². The lowest BCUT2D eigenvalue weighted by Crippen LogP contribution is -2.14. The predicted octanol–water partition coefficient (Wildman–Crippen LogP) is 3.12. The van der Waals surface area contributed by atoms with E-state index < -0.39 is 0 Å². The number of ketones is 1. The van der Waals surface area contributed by atoms with Gasteiger partial charge in [0, 0.05) is 12.0 Å². The summed E-state index contributed by atoms with van der Waals surface area (Å²) in [6.07, 6.45) is 0.540. The minimum Gasteiger partial charge on any atom is -0.294 e. The highest BCUT2D eigenvalue weighted by Crippen LogP contribution is 2.22. The van der Waals surface area contributed by atoms with Gasteiger partial charge in [0.05, 0.1) is 0 Å². The van der Waals surface area contributed by atoms with E-state index in [1.807, 2.05) is 27.7 Å². The second kappa shape index (κ2) is 3.70. The van der Waals surface area contributed by atoms with Crippen molar-refractivity contribution in [1.82, 2.24) is 0 Å². The molecule has 1 nitrogen and oxygen atoms in total. The molecule has 0 N–H and O–H groups in total. The monoisotopic (exact) mass is 166 g/mol. The zero-order chi connectivity index (χ0) is 9.94. The largest absolute Gasteiger partial charge is 0.294 e. The fraction of sp³-hybridized carbons (Fsp3) is 0.545. The van der Waals surface area contributed by atoms with Crippen molar-refractivity contribution in [3.8, 4) is 0 Å². The Morgan fingerprint density at radius 2 is 1.67 bits per heavy atom. The van der Waals surface area contributed by atoms with Crippen molar-refractivity contribution in [2.24, 2.45) is 5.41 Å². The molecule has 0 saturated heterocycles. The molecule has 0 aliphatic carbocycles. The van der Waals surface area contributed by atoms with E-state index in [9.17, 15) is 4.79 Å². The fourth-order valence-corrected chi connectivity index (χ4v) is 0.826. The van der Waals surface area contributed by atoms with Crippen LogP contribution in [0.3, 0.4) is 0 Å². The summed E-state index contributed by atoms with van der Waals surface area (Å²) in [6.45, 7) is 15.3. The van der Waals surface area contributed by atoms with Crippen molar-refractivity contribution in [3.63, 3.8) is 0 Å². The Bertz CT molecular complexity index is 216. The normalized spacial score (nSPS) is 11.0. The molecule has 0 unspecified atom stereocenters. The number of rotatable bonds is 3. The number of Topliss-reactive ketones (excluding diaryl/α,β-unsaturated/α-hetero) is 1. The van der Waals surface area contributed by atoms with Gasteiger partial charge in [-0.1, -0.05) is 33.9 Å². The minimum atomic E-state index is 0.0372. The van der Waals surface area contributed by atoms with Crippen molar-refractivity contribution < 1.29 is 4.79 Å². The van der Waals surface area contributed by atoms with E-state index in [2.05, 4.69) is 13.2 Å². The molecule has 0 spiro atoms. The van der Waals surface area contributed by atoms with Crippen LogP contribution in [-0.4, -0.2) is 5.78 Å². The molecular formula is C11H18O. The molecule has 12 heavy (non-hydrogen) atoms. The topological polar surface area (TPSA) is 17.1 Å². The predicted molar refractivity (Wildman–Crippen MR) is 53.0 cm³/mol. The maximum Gasteiger partial charge on any atom is 0.163 e. The van der Waals surface area contributed by atoms with Crippen molar-refractivity contribution in [2.75, 3.05) is 0 Å². The summed E-state index contributed by atoms with van der Waals surface area (Å²) in [5.74, 6) is 0.106. The van der Waals surface area contributed by atoms with E-state index in [4.69, 9.17) is 0 Å². The zero-order valence-electron chi connectivity index (χ0n) is 8.53. The summed E-state index contributed by atoms with van der Waals surface area (Å²) >= 11 is 0. The summed E-state index contributed by atoms with van der Waals surface area (Å²) in [6, 6.07) is 0. The summed E-state index contributed by atoms with van der Waals surface area (Å²) < 4.78 is 0. The van der Waals surface area contributed by atoms with Crippen LogP contribution in [0.2, 0.25) is 0 Å². The fourth-order valence-electron chi connectivity index (χ4n) is 0.826. The third kappa shape index (κ3) is 4.12. The van der Waals surface area contributed by atoms with Crippen molar-refractivity contribution in [2.45, 2.75) is 34.1 Å². The van der Waals surface area contributed by atoms with Gasteiger partial charge >= 0.3 is 0 Å². The molecular weight excluding hydrogens is 148 g/mol. The summed E-state index contributed by atoms with van der Waals surface area (Å²) in [5.41, 5.74) is 1.37. The van der Waals surface area contributed by atoms with Crippen LogP contribution in [0.25, 0.3) is 0 Å². The van der Waals surface area contributed by atoms with Gasteiger partial charge in [-0.25, -0.2) is 0 Å². The molecule has 0 aromatic rings. The van der Waals surface area contributed by atoms with Crippen LogP contribution in [-0.2, 0) is 4.79 Å². The third-order valence-corrected chi connectivity index (χ3v) is 1.54. The van der Waals surface area contributed by atoms with Crippen molar-refractivity contribution >= 4 is 5.78 Å². The molecule has 68 valence electrons. The van der Waals surface area contributed by atoms with Crippen LogP contribution in [0.15, 0.2) is 24.3 Å². The molecule has 0 aliphatic heterocycles. The van der Waals surface area contributed by atoms with Gasteiger partial charge < -0.3 is 0 Å². The number of carbonyl (C=O) groups is 1. The van der Waals surface area contributed by atoms with Crippen molar-refractivity contribution in [1.29, 1.82) is 0 Å². The van der Waals surface area contributed by atoms with Crippen LogP contribution >= 0.6 is 0 Å². The Balaban J connectivity index is 4.25. The van der Waals surface area contributed by atoms with Gasteiger partial charge in [0.2, 0.25) is 0 Å². The Kier molecular flexibility index (Phi) is 3.44. The Labute approximate surface area is 75.2 Å². The highest BCUT2D eigenvalue weighted by Gasteiger charge is 2.17. The van der Waals surface area contributed by atoms with E-state index >= 15 is 0 Å². The molecule has 0 aromatic heterocycles. The molecule has 1 heteroatoms. The summed E-state index contributed by atoms with van der Waals surface area (Å²) in [4.78, 5) is 11.4. The van der Waals surface area contributed by atoms with Gasteiger partial charge in [0.1, 0.15) is 0 Å². The maximum absolute atomic E-state index is 11.4. The number of hydrogen-bond acceptors (Lipinski definition) is 1. The minimum absolute atomic E-state index is 0.0372. The van der Waals surface area contributed by atoms with Gasteiger partial charge in [-0.05, 0) is 17.9 Å². The smallest absolute Gasteiger partial charge is 0.163 e. The second-order valence-electron chi connectivity index (χ2n) is 4.42. The number of hydrogen-bond donors (Lipinski definition) is 0. The highest BCUT2D eigenvalue weighted by molar-refractivity contribution is 5.98. The SMILES string of the molecule is C=C(C)C(=C)C(=O)CC(C)(C)C.